The molecule has 0 aliphatic heterocycles. The molecule has 5 nitrogen and oxygen atoms in total. The summed E-state index contributed by atoms with van der Waals surface area (Å²) in [6, 6.07) is 7.08. The lowest BCUT2D eigenvalue weighted by molar-refractivity contribution is -0.0161. The van der Waals surface area contributed by atoms with Gasteiger partial charge in [-0.15, -0.1) is 0 Å². The molecule has 0 aliphatic rings. The van der Waals surface area contributed by atoms with Crippen molar-refractivity contribution in [2.45, 2.75) is 38.8 Å². The first-order valence-electron chi connectivity index (χ1n) is 9.36. The summed E-state index contributed by atoms with van der Waals surface area (Å²) in [5.74, 6) is -1.01. The minimum Gasteiger partial charge on any atom is -0.465 e. The topological polar surface area (TPSA) is 53.3 Å². The Morgan fingerprint density at radius 3 is 2.53 bits per heavy atom. The van der Waals surface area contributed by atoms with Gasteiger partial charge in [0, 0.05) is 13.5 Å². The summed E-state index contributed by atoms with van der Waals surface area (Å²) in [6.07, 6.45) is 0.0718. The number of benzene rings is 2. The van der Waals surface area contributed by atoms with E-state index in [0.717, 1.165) is 12.1 Å². The molecule has 0 saturated heterocycles. The second kappa shape index (κ2) is 8.43. The van der Waals surface area contributed by atoms with Crippen LogP contribution in [-0.2, 0) is 15.9 Å². The van der Waals surface area contributed by atoms with Crippen LogP contribution in [0.5, 0.6) is 0 Å². The van der Waals surface area contributed by atoms with Crippen molar-refractivity contribution in [2.75, 3.05) is 14.2 Å². The summed E-state index contributed by atoms with van der Waals surface area (Å²) >= 11 is 3.00. The fraction of sp³-hybridized carbons (Fsp3) is 0.364. The molecule has 0 N–H and O–H groups in total. The molecule has 0 amide bonds. The molecule has 1 unspecified atom stereocenters. The number of methoxy groups -OCH3 is 2. The van der Waals surface area contributed by atoms with Crippen molar-refractivity contribution in [3.8, 4) is 0 Å². The fourth-order valence-corrected chi connectivity index (χ4v) is 3.61. The minimum absolute atomic E-state index is 0.0638. The number of hydrogen-bond acceptors (Lipinski definition) is 4. The molecule has 30 heavy (non-hydrogen) atoms. The SMILES string of the molecule is COC(=O)c1ccc2nc(Cc3cc(F)c(Br)cc3F)n(C(C)C(C)(C)OC)c2c1. The zero-order valence-electron chi connectivity index (χ0n) is 17.4. The number of carbonyl (C=O) groups is 1. The van der Waals surface area contributed by atoms with Gasteiger partial charge in [-0.25, -0.2) is 18.6 Å². The van der Waals surface area contributed by atoms with E-state index in [1.54, 1.807) is 25.3 Å². The highest BCUT2D eigenvalue weighted by Gasteiger charge is 2.30. The lowest BCUT2D eigenvalue weighted by atomic mass is 9.99. The van der Waals surface area contributed by atoms with Gasteiger partial charge in [-0.2, -0.15) is 0 Å². The Labute approximate surface area is 182 Å². The van der Waals surface area contributed by atoms with Crippen LogP contribution < -0.4 is 0 Å². The normalized spacial score (nSPS) is 12.9. The molecule has 3 rings (SSSR count). The molecule has 0 saturated carbocycles. The first kappa shape index (κ1) is 22.4. The summed E-state index contributed by atoms with van der Waals surface area (Å²) in [5.41, 5.74) is 1.29. The van der Waals surface area contributed by atoms with E-state index in [-0.39, 0.29) is 22.5 Å². The summed E-state index contributed by atoms with van der Waals surface area (Å²) in [7, 11) is 2.93. The fourth-order valence-electron chi connectivity index (χ4n) is 3.30. The number of rotatable bonds is 6. The van der Waals surface area contributed by atoms with Gasteiger partial charge in [0.1, 0.15) is 17.5 Å². The highest BCUT2D eigenvalue weighted by molar-refractivity contribution is 9.10. The zero-order chi connectivity index (χ0) is 22.2. The second-order valence-corrected chi connectivity index (χ2v) is 8.47. The van der Waals surface area contributed by atoms with E-state index in [9.17, 15) is 13.6 Å². The van der Waals surface area contributed by atoms with Crippen molar-refractivity contribution in [3.63, 3.8) is 0 Å². The van der Waals surface area contributed by atoms with Crippen LogP contribution in [0.3, 0.4) is 0 Å². The quantitative estimate of drug-likeness (QED) is 0.348. The lowest BCUT2D eigenvalue weighted by Gasteiger charge is -2.33. The Morgan fingerprint density at radius 1 is 1.20 bits per heavy atom. The van der Waals surface area contributed by atoms with Crippen molar-refractivity contribution in [1.82, 2.24) is 9.55 Å². The van der Waals surface area contributed by atoms with Gasteiger partial charge in [0.05, 0.1) is 39.8 Å². The van der Waals surface area contributed by atoms with Gasteiger partial charge in [0.2, 0.25) is 0 Å². The number of imidazole rings is 1. The molecule has 0 aliphatic carbocycles. The van der Waals surface area contributed by atoms with Crippen LogP contribution in [0.25, 0.3) is 11.0 Å². The van der Waals surface area contributed by atoms with E-state index in [0.29, 0.717) is 22.4 Å². The summed E-state index contributed by atoms with van der Waals surface area (Å²) < 4.78 is 41.0. The van der Waals surface area contributed by atoms with Crippen LogP contribution in [0.1, 0.15) is 48.6 Å². The number of esters is 1. The van der Waals surface area contributed by atoms with Crippen molar-refractivity contribution >= 4 is 32.9 Å². The number of hydrogen-bond donors (Lipinski definition) is 0. The number of halogens is 3. The van der Waals surface area contributed by atoms with Crippen molar-refractivity contribution < 1.29 is 23.0 Å². The van der Waals surface area contributed by atoms with Gasteiger partial charge in [-0.3, -0.25) is 0 Å². The van der Waals surface area contributed by atoms with Crippen LogP contribution in [0.15, 0.2) is 34.8 Å². The highest BCUT2D eigenvalue weighted by Crippen LogP contribution is 2.32. The van der Waals surface area contributed by atoms with E-state index >= 15 is 0 Å². The van der Waals surface area contributed by atoms with Gasteiger partial charge in [-0.05, 0) is 72.6 Å². The maximum absolute atomic E-state index is 14.5. The average molecular weight is 481 g/mol. The summed E-state index contributed by atoms with van der Waals surface area (Å²) in [5, 5.41) is 0. The van der Waals surface area contributed by atoms with Gasteiger partial charge >= 0.3 is 5.97 Å². The van der Waals surface area contributed by atoms with E-state index in [1.165, 1.54) is 7.11 Å². The Kier molecular flexibility index (Phi) is 6.29. The van der Waals surface area contributed by atoms with Crippen LogP contribution in [-0.4, -0.2) is 35.3 Å². The predicted octanol–water partition coefficient (Wildman–Crippen LogP) is 5.44. The molecular formula is C22H23BrF2N2O3. The Hall–Kier alpha value is -2.32. The standard InChI is InChI=1S/C22H23BrF2N2O3/c1-12(22(2,3)30-5)27-19-9-13(21(28)29-4)6-7-18(19)26-20(27)10-14-8-17(25)15(23)11-16(14)24/h6-9,11-12H,10H2,1-5H3. The third-order valence-corrected chi connectivity index (χ3v) is 6.15. The highest BCUT2D eigenvalue weighted by atomic mass is 79.9. The van der Waals surface area contributed by atoms with Gasteiger partial charge in [0.15, 0.2) is 0 Å². The molecule has 1 aromatic heterocycles. The first-order chi connectivity index (χ1) is 14.1. The Morgan fingerprint density at radius 2 is 1.90 bits per heavy atom. The Balaban J connectivity index is 2.21. The smallest absolute Gasteiger partial charge is 0.337 e. The van der Waals surface area contributed by atoms with Gasteiger partial charge in [0.25, 0.3) is 0 Å². The molecule has 1 heterocycles. The molecule has 0 radical (unpaired) electrons. The molecular weight excluding hydrogens is 458 g/mol. The maximum Gasteiger partial charge on any atom is 0.337 e. The maximum atomic E-state index is 14.5. The molecule has 3 aromatic rings. The first-order valence-corrected chi connectivity index (χ1v) is 10.2. The van der Waals surface area contributed by atoms with Crippen LogP contribution >= 0.6 is 15.9 Å². The predicted molar refractivity (Wildman–Crippen MR) is 114 cm³/mol. The number of aromatic nitrogens is 2. The molecule has 160 valence electrons. The number of fused-ring (bicyclic) bond motifs is 1. The van der Waals surface area contributed by atoms with Crippen LogP contribution in [0.2, 0.25) is 0 Å². The third kappa shape index (κ3) is 4.11. The largest absolute Gasteiger partial charge is 0.465 e. The van der Waals surface area contributed by atoms with Gasteiger partial charge < -0.3 is 14.0 Å². The molecule has 0 fully saturated rings. The van der Waals surface area contributed by atoms with E-state index in [2.05, 4.69) is 20.9 Å². The lowest BCUT2D eigenvalue weighted by Crippen LogP contribution is -2.34. The van der Waals surface area contributed by atoms with E-state index < -0.39 is 23.2 Å². The molecule has 2 aromatic carbocycles. The Bertz CT molecular complexity index is 1110. The summed E-state index contributed by atoms with van der Waals surface area (Å²) in [4.78, 5) is 16.7. The second-order valence-electron chi connectivity index (χ2n) is 7.61. The third-order valence-electron chi connectivity index (χ3n) is 5.54. The van der Waals surface area contributed by atoms with Crippen LogP contribution in [0.4, 0.5) is 8.78 Å². The minimum atomic E-state index is -0.590. The van der Waals surface area contributed by atoms with Crippen molar-refractivity contribution in [2.24, 2.45) is 0 Å². The number of nitrogens with zero attached hydrogens (tertiary/aromatic N) is 2. The average Bonchev–Trinajstić information content (AvgIpc) is 3.07. The van der Waals surface area contributed by atoms with Crippen LogP contribution in [0, 0.1) is 11.6 Å². The molecule has 8 heteroatoms. The zero-order valence-corrected chi connectivity index (χ0v) is 19.0. The van der Waals surface area contributed by atoms with E-state index in [1.807, 2.05) is 25.3 Å². The molecule has 0 bridgehead atoms. The van der Waals surface area contributed by atoms with Crippen molar-refractivity contribution in [3.05, 3.63) is 63.4 Å². The van der Waals surface area contributed by atoms with Crippen molar-refractivity contribution in [1.29, 1.82) is 0 Å². The number of ether oxygens (including phenoxy) is 2. The van der Waals surface area contributed by atoms with Gasteiger partial charge in [-0.1, -0.05) is 0 Å². The number of carbonyl (C=O) groups excluding carboxylic acids is 1. The van der Waals surface area contributed by atoms with E-state index in [4.69, 9.17) is 9.47 Å². The monoisotopic (exact) mass is 480 g/mol. The molecule has 1 atom stereocenters. The summed E-state index contributed by atoms with van der Waals surface area (Å²) in [6.45, 7) is 5.81. The molecule has 0 spiro atoms.